The SMILES string of the molecule is CCCCCC/C=C/CC(OCC)(Oc1ccc(CC)cc1)C(C)C. The number of rotatable bonds is 13. The molecular formula is C23H38O2. The summed E-state index contributed by atoms with van der Waals surface area (Å²) in [4.78, 5) is 0. The van der Waals surface area contributed by atoms with Gasteiger partial charge in [0, 0.05) is 18.9 Å². The molecule has 0 aliphatic carbocycles. The summed E-state index contributed by atoms with van der Waals surface area (Å²) in [5.41, 5.74) is 1.32. The van der Waals surface area contributed by atoms with Crippen molar-refractivity contribution >= 4 is 0 Å². The van der Waals surface area contributed by atoms with Gasteiger partial charge in [-0.1, -0.05) is 71.2 Å². The van der Waals surface area contributed by atoms with Crippen molar-refractivity contribution in [2.75, 3.05) is 6.61 Å². The van der Waals surface area contributed by atoms with Crippen molar-refractivity contribution in [2.24, 2.45) is 5.92 Å². The van der Waals surface area contributed by atoms with E-state index >= 15 is 0 Å². The summed E-state index contributed by atoms with van der Waals surface area (Å²) in [5.74, 6) is 0.557. The van der Waals surface area contributed by atoms with Crippen LogP contribution >= 0.6 is 0 Å². The van der Waals surface area contributed by atoms with E-state index in [9.17, 15) is 0 Å². The first-order valence-corrected chi connectivity index (χ1v) is 10.1. The molecule has 0 amide bonds. The summed E-state index contributed by atoms with van der Waals surface area (Å²) in [7, 11) is 0. The minimum atomic E-state index is -0.595. The quantitative estimate of drug-likeness (QED) is 0.219. The summed E-state index contributed by atoms with van der Waals surface area (Å²) in [5, 5.41) is 0. The Kier molecular flexibility index (Phi) is 10.6. The monoisotopic (exact) mass is 346 g/mol. The van der Waals surface area contributed by atoms with Gasteiger partial charge < -0.3 is 9.47 Å². The van der Waals surface area contributed by atoms with Crippen LogP contribution in [0.5, 0.6) is 5.75 Å². The van der Waals surface area contributed by atoms with Gasteiger partial charge in [-0.2, -0.15) is 0 Å². The molecule has 0 aliphatic rings. The second-order valence-electron chi connectivity index (χ2n) is 7.02. The van der Waals surface area contributed by atoms with Gasteiger partial charge in [0.05, 0.1) is 0 Å². The van der Waals surface area contributed by atoms with Crippen LogP contribution in [0.3, 0.4) is 0 Å². The van der Waals surface area contributed by atoms with Crippen LogP contribution in [0.2, 0.25) is 0 Å². The molecule has 0 aromatic heterocycles. The first-order valence-electron chi connectivity index (χ1n) is 10.1. The highest BCUT2D eigenvalue weighted by atomic mass is 16.7. The van der Waals surface area contributed by atoms with E-state index in [0.29, 0.717) is 6.61 Å². The molecule has 0 spiro atoms. The third-order valence-corrected chi connectivity index (χ3v) is 4.68. The Labute approximate surface area is 155 Å². The maximum Gasteiger partial charge on any atom is 0.216 e. The predicted octanol–water partition coefficient (Wildman–Crippen LogP) is 6.93. The Morgan fingerprint density at radius 1 is 0.960 bits per heavy atom. The van der Waals surface area contributed by atoms with Crippen molar-refractivity contribution in [3.63, 3.8) is 0 Å². The van der Waals surface area contributed by atoms with Crippen LogP contribution in [-0.2, 0) is 11.2 Å². The van der Waals surface area contributed by atoms with Crippen LogP contribution in [0.15, 0.2) is 36.4 Å². The van der Waals surface area contributed by atoms with E-state index in [1.165, 1.54) is 31.2 Å². The lowest BCUT2D eigenvalue weighted by Gasteiger charge is -2.37. The number of aryl methyl sites for hydroxylation is 1. The third-order valence-electron chi connectivity index (χ3n) is 4.68. The summed E-state index contributed by atoms with van der Waals surface area (Å²) >= 11 is 0. The highest BCUT2D eigenvalue weighted by Gasteiger charge is 2.36. The smallest absolute Gasteiger partial charge is 0.216 e. The topological polar surface area (TPSA) is 18.5 Å². The van der Waals surface area contributed by atoms with Gasteiger partial charge in [-0.05, 0) is 43.9 Å². The normalized spacial score (nSPS) is 14.2. The van der Waals surface area contributed by atoms with Gasteiger partial charge >= 0.3 is 0 Å². The average molecular weight is 347 g/mol. The van der Waals surface area contributed by atoms with Crippen LogP contribution in [0, 0.1) is 5.92 Å². The molecule has 0 aliphatic heterocycles. The molecule has 142 valence electrons. The first-order chi connectivity index (χ1) is 12.1. The Morgan fingerprint density at radius 2 is 1.68 bits per heavy atom. The zero-order chi connectivity index (χ0) is 18.5. The van der Waals surface area contributed by atoms with Crippen LogP contribution in [-0.4, -0.2) is 12.4 Å². The minimum Gasteiger partial charge on any atom is -0.462 e. The van der Waals surface area contributed by atoms with Crippen molar-refractivity contribution in [1.29, 1.82) is 0 Å². The zero-order valence-corrected chi connectivity index (χ0v) is 17.0. The van der Waals surface area contributed by atoms with Crippen LogP contribution < -0.4 is 4.74 Å². The molecule has 1 unspecified atom stereocenters. The van der Waals surface area contributed by atoms with Crippen molar-refractivity contribution in [3.8, 4) is 5.75 Å². The van der Waals surface area contributed by atoms with Gasteiger partial charge in [0.25, 0.3) is 0 Å². The van der Waals surface area contributed by atoms with Crippen molar-refractivity contribution < 1.29 is 9.47 Å². The van der Waals surface area contributed by atoms with E-state index in [0.717, 1.165) is 25.0 Å². The molecule has 1 rings (SSSR count). The fraction of sp³-hybridized carbons (Fsp3) is 0.652. The molecule has 0 radical (unpaired) electrons. The molecule has 0 fully saturated rings. The fourth-order valence-corrected chi connectivity index (χ4v) is 2.94. The van der Waals surface area contributed by atoms with Crippen LogP contribution in [0.25, 0.3) is 0 Å². The Bertz CT molecular complexity index is 475. The molecule has 25 heavy (non-hydrogen) atoms. The van der Waals surface area contributed by atoms with E-state index in [2.05, 4.69) is 64.1 Å². The Morgan fingerprint density at radius 3 is 2.24 bits per heavy atom. The Balaban J connectivity index is 2.73. The first kappa shape index (κ1) is 21.8. The largest absolute Gasteiger partial charge is 0.462 e. The number of allylic oxidation sites excluding steroid dienone is 1. The molecule has 2 nitrogen and oxygen atoms in total. The van der Waals surface area contributed by atoms with Gasteiger partial charge in [-0.3, -0.25) is 0 Å². The second kappa shape index (κ2) is 12.1. The highest BCUT2D eigenvalue weighted by molar-refractivity contribution is 5.27. The lowest BCUT2D eigenvalue weighted by atomic mass is 9.98. The second-order valence-corrected chi connectivity index (χ2v) is 7.02. The molecule has 0 heterocycles. The lowest BCUT2D eigenvalue weighted by molar-refractivity contribution is -0.205. The van der Waals surface area contributed by atoms with E-state index in [-0.39, 0.29) is 5.92 Å². The zero-order valence-electron chi connectivity index (χ0n) is 17.0. The summed E-state index contributed by atoms with van der Waals surface area (Å²) in [6.07, 6.45) is 12.7. The summed E-state index contributed by atoms with van der Waals surface area (Å²) in [6.45, 7) is 11.4. The lowest BCUT2D eigenvalue weighted by Crippen LogP contribution is -2.44. The number of ether oxygens (including phenoxy) is 2. The number of hydrogen-bond acceptors (Lipinski definition) is 2. The van der Waals surface area contributed by atoms with Crippen LogP contribution in [0.1, 0.15) is 78.7 Å². The van der Waals surface area contributed by atoms with Crippen LogP contribution in [0.4, 0.5) is 0 Å². The molecule has 1 aromatic carbocycles. The molecular weight excluding hydrogens is 308 g/mol. The molecule has 0 saturated heterocycles. The predicted molar refractivity (Wildman–Crippen MR) is 108 cm³/mol. The minimum absolute atomic E-state index is 0.267. The standard InChI is InChI=1S/C23H38O2/c1-6-9-10-11-12-13-14-19-23(20(4)5,24-8-3)25-22-17-15-21(7-2)16-18-22/h13-18,20H,6-12,19H2,1-5H3/b14-13+. The van der Waals surface area contributed by atoms with Gasteiger partial charge in [0.2, 0.25) is 5.79 Å². The van der Waals surface area contributed by atoms with E-state index in [1.807, 2.05) is 6.92 Å². The van der Waals surface area contributed by atoms with E-state index in [1.54, 1.807) is 0 Å². The fourth-order valence-electron chi connectivity index (χ4n) is 2.94. The number of hydrogen-bond donors (Lipinski definition) is 0. The maximum atomic E-state index is 6.38. The third kappa shape index (κ3) is 7.64. The summed E-state index contributed by atoms with van der Waals surface area (Å²) in [6, 6.07) is 8.39. The van der Waals surface area contributed by atoms with Gasteiger partial charge in [0.1, 0.15) is 5.75 Å². The molecule has 1 atom stereocenters. The van der Waals surface area contributed by atoms with E-state index in [4.69, 9.17) is 9.47 Å². The molecule has 0 saturated carbocycles. The highest BCUT2D eigenvalue weighted by Crippen LogP contribution is 2.31. The van der Waals surface area contributed by atoms with Crippen molar-refractivity contribution in [2.45, 2.75) is 85.4 Å². The average Bonchev–Trinajstić information content (AvgIpc) is 2.61. The molecule has 0 bridgehead atoms. The van der Waals surface area contributed by atoms with Gasteiger partial charge in [-0.15, -0.1) is 0 Å². The number of unbranched alkanes of at least 4 members (excludes halogenated alkanes) is 4. The summed E-state index contributed by atoms with van der Waals surface area (Å²) < 4.78 is 12.5. The Hall–Kier alpha value is -1.28. The molecule has 1 aromatic rings. The van der Waals surface area contributed by atoms with Gasteiger partial charge in [0.15, 0.2) is 0 Å². The van der Waals surface area contributed by atoms with Crippen molar-refractivity contribution in [1.82, 2.24) is 0 Å². The van der Waals surface area contributed by atoms with Crippen molar-refractivity contribution in [3.05, 3.63) is 42.0 Å². The number of benzene rings is 1. The van der Waals surface area contributed by atoms with E-state index < -0.39 is 5.79 Å². The molecule has 0 N–H and O–H groups in total. The van der Waals surface area contributed by atoms with Gasteiger partial charge in [-0.25, -0.2) is 0 Å². The maximum absolute atomic E-state index is 6.38. The molecule has 2 heteroatoms.